The minimum atomic E-state index is -4.83. The van der Waals surface area contributed by atoms with Crippen LogP contribution in [-0.2, 0) is 18.7 Å². The number of phosphoric ester groups is 1. The molecule has 13 nitrogen and oxygen atoms in total. The number of aliphatic hydroxyl groups excluding tert-OH is 1. The molecule has 4 aromatic carbocycles. The first-order chi connectivity index (χ1) is 29.6. The highest BCUT2D eigenvalue weighted by Crippen LogP contribution is 2.42. The number of thioether (sulfide) groups is 2. The second-order valence-corrected chi connectivity index (χ2v) is 18.1. The van der Waals surface area contributed by atoms with Crippen molar-refractivity contribution < 1.29 is 42.4 Å². The molecule has 0 saturated carbocycles. The van der Waals surface area contributed by atoms with Crippen LogP contribution in [0.5, 0.6) is 0 Å². The van der Waals surface area contributed by atoms with E-state index >= 15 is 0 Å². The molecule has 4 aliphatic rings. The van der Waals surface area contributed by atoms with Crippen LogP contribution in [0.2, 0.25) is 20.1 Å². The Hall–Kier alpha value is -4.49. The van der Waals surface area contributed by atoms with E-state index in [9.17, 15) is 28.0 Å². The average molecular weight is 981 g/mol. The van der Waals surface area contributed by atoms with Crippen molar-refractivity contribution in [3.05, 3.63) is 163 Å². The van der Waals surface area contributed by atoms with Crippen molar-refractivity contribution >= 4 is 111 Å². The number of carbonyl (C=O) groups excluding carboxylic acids is 2. The molecule has 320 valence electrons. The lowest BCUT2D eigenvalue weighted by molar-refractivity contribution is -0.132. The molecule has 0 fully saturated rings. The first kappa shape index (κ1) is 45.5. The van der Waals surface area contributed by atoms with Gasteiger partial charge < -0.3 is 14.9 Å². The number of amides is 2. The normalized spacial score (nSPS) is 16.3. The molecule has 62 heavy (non-hydrogen) atoms. The Morgan fingerprint density at radius 3 is 1.40 bits per heavy atom. The lowest BCUT2D eigenvalue weighted by Crippen LogP contribution is -2.46. The molecule has 0 aliphatic carbocycles. The highest BCUT2D eigenvalue weighted by molar-refractivity contribution is 8.14. The third kappa shape index (κ3) is 10.5. The van der Waals surface area contributed by atoms with Crippen molar-refractivity contribution in [1.29, 1.82) is 0 Å². The standard InChI is InChI=1S/C20H15Cl2FN3O5PS.C20H14Cl2FN3O2S/c21-14-2-1-3-15(22)18(14)19-16-8-9-17(33-13-6-4-12(23)5-7-13)24-26(16)10-25(20(19)27)11-31-32(28,29)30;21-14-2-1-3-15(22)18(14)19-16-8-9-17(29-13-6-4-12(23)5-7-13)24-26(16)10-25(11-27)20(19)28/h1-9H,10-11H2,(H2,28,29,30);1-9,27H,10-11H2. The van der Waals surface area contributed by atoms with Gasteiger partial charge in [-0.05, 0) is 97.1 Å². The highest BCUT2D eigenvalue weighted by Gasteiger charge is 2.37. The summed E-state index contributed by atoms with van der Waals surface area (Å²) in [5.74, 6) is -1.64. The molecule has 4 aliphatic heterocycles. The second kappa shape index (κ2) is 19.5. The summed E-state index contributed by atoms with van der Waals surface area (Å²) < 4.78 is 42.1. The fraction of sp³-hybridized carbons (Fsp3) is 0.100. The number of fused-ring (bicyclic) bond motifs is 2. The highest BCUT2D eigenvalue weighted by atomic mass is 35.5. The third-order valence-electron chi connectivity index (χ3n) is 8.94. The van der Waals surface area contributed by atoms with E-state index in [2.05, 4.69) is 14.7 Å². The van der Waals surface area contributed by atoms with Gasteiger partial charge in [0.2, 0.25) is 0 Å². The van der Waals surface area contributed by atoms with Crippen molar-refractivity contribution in [2.24, 2.45) is 10.2 Å². The zero-order valence-electron chi connectivity index (χ0n) is 31.4. The Kier molecular flexibility index (Phi) is 14.3. The van der Waals surface area contributed by atoms with Gasteiger partial charge in [-0.1, -0.05) is 82.1 Å². The van der Waals surface area contributed by atoms with Crippen molar-refractivity contribution in [2.75, 3.05) is 26.8 Å². The van der Waals surface area contributed by atoms with Gasteiger partial charge in [-0.15, -0.1) is 0 Å². The summed E-state index contributed by atoms with van der Waals surface area (Å²) in [5.41, 5.74) is 1.99. The average Bonchev–Trinajstić information content (AvgIpc) is 3.23. The number of carbonyl (C=O) groups is 2. The summed E-state index contributed by atoms with van der Waals surface area (Å²) >= 11 is 28.0. The SMILES string of the molecule is O=C1C(c2c(Cl)cccc2Cl)=C2C=CC(Sc3ccc(F)cc3)=NN2CN1CO.O=C1C(c2c(Cl)cccc2Cl)=C2C=CC(Sc3ccc(F)cc3)=NN2CN1COP(=O)(O)O. The predicted molar refractivity (Wildman–Crippen MR) is 237 cm³/mol. The minimum absolute atomic E-state index is 0.0774. The number of hydrazone groups is 2. The van der Waals surface area contributed by atoms with Gasteiger partial charge in [0.05, 0.1) is 42.6 Å². The van der Waals surface area contributed by atoms with Crippen LogP contribution in [0.1, 0.15) is 11.1 Å². The molecule has 0 unspecified atom stereocenters. The minimum Gasteiger partial charge on any atom is -0.376 e. The third-order valence-corrected chi connectivity index (χ3v) is 12.5. The molecule has 0 bridgehead atoms. The Balaban J connectivity index is 0.000000188. The van der Waals surface area contributed by atoms with Crippen molar-refractivity contribution in [1.82, 2.24) is 19.8 Å². The topological polar surface area (TPSA) is 159 Å². The van der Waals surface area contributed by atoms with Gasteiger partial charge in [-0.3, -0.25) is 23.9 Å². The number of nitrogens with zero attached hydrogens (tertiary/aromatic N) is 6. The molecule has 2 amide bonds. The maximum absolute atomic E-state index is 13.3. The molecule has 0 radical (unpaired) electrons. The summed E-state index contributed by atoms with van der Waals surface area (Å²) in [7, 11) is -4.83. The lowest BCUT2D eigenvalue weighted by atomic mass is 9.99. The molecule has 0 aromatic heterocycles. The van der Waals surface area contributed by atoms with E-state index in [4.69, 9.17) is 56.2 Å². The molecular weight excluding hydrogens is 951 g/mol. The lowest BCUT2D eigenvalue weighted by Gasteiger charge is -2.37. The fourth-order valence-electron chi connectivity index (χ4n) is 6.16. The number of hydrogen-bond acceptors (Lipinski definition) is 11. The first-order valence-electron chi connectivity index (χ1n) is 17.8. The van der Waals surface area contributed by atoms with E-state index in [0.717, 1.165) is 14.7 Å². The van der Waals surface area contributed by atoms with Gasteiger partial charge in [0.25, 0.3) is 11.8 Å². The smallest absolute Gasteiger partial charge is 0.376 e. The summed E-state index contributed by atoms with van der Waals surface area (Å²) in [4.78, 5) is 48.3. The Morgan fingerprint density at radius 1 is 0.629 bits per heavy atom. The van der Waals surface area contributed by atoms with E-state index < -0.39 is 27.2 Å². The molecule has 0 saturated heterocycles. The Morgan fingerprint density at radius 2 is 1.02 bits per heavy atom. The van der Waals surface area contributed by atoms with E-state index in [1.165, 1.54) is 57.7 Å². The number of aliphatic hydroxyl groups is 1. The molecule has 8 rings (SSSR count). The first-order valence-corrected chi connectivity index (χ1v) is 22.5. The van der Waals surface area contributed by atoms with E-state index in [0.29, 0.717) is 37.1 Å². The van der Waals surface area contributed by atoms with E-state index in [-0.39, 0.29) is 57.6 Å². The van der Waals surface area contributed by atoms with Gasteiger partial charge in [0, 0.05) is 20.9 Å². The maximum Gasteiger partial charge on any atom is 0.471 e. The van der Waals surface area contributed by atoms with Crippen LogP contribution < -0.4 is 0 Å². The van der Waals surface area contributed by atoms with Crippen molar-refractivity contribution in [2.45, 2.75) is 9.79 Å². The van der Waals surface area contributed by atoms with Crippen LogP contribution in [0, 0.1) is 11.6 Å². The van der Waals surface area contributed by atoms with Gasteiger partial charge in [-0.25, -0.2) is 23.4 Å². The number of rotatable bonds is 8. The fourth-order valence-corrected chi connectivity index (χ4v) is 9.21. The Labute approximate surface area is 381 Å². The van der Waals surface area contributed by atoms with Gasteiger partial charge in [0.1, 0.15) is 48.5 Å². The number of halogens is 6. The second-order valence-electron chi connectivity index (χ2n) is 13.0. The largest absolute Gasteiger partial charge is 0.471 e. The predicted octanol–water partition coefficient (Wildman–Crippen LogP) is 9.26. The molecule has 4 aromatic rings. The maximum atomic E-state index is 13.3. The quantitative estimate of drug-likeness (QED) is 0.145. The van der Waals surface area contributed by atoms with Gasteiger partial charge >= 0.3 is 7.82 Å². The molecule has 22 heteroatoms. The van der Waals surface area contributed by atoms with Crippen LogP contribution in [0.3, 0.4) is 0 Å². The number of allylic oxidation sites excluding steroid dienone is 2. The van der Waals surface area contributed by atoms with Crippen molar-refractivity contribution in [3.8, 4) is 0 Å². The summed E-state index contributed by atoms with van der Waals surface area (Å²) in [6, 6.07) is 21.7. The van der Waals surface area contributed by atoms with Gasteiger partial charge in [0.15, 0.2) is 0 Å². The number of hydrogen-bond donors (Lipinski definition) is 3. The molecule has 3 N–H and O–H groups in total. The van der Waals surface area contributed by atoms with E-state index in [1.54, 1.807) is 90.0 Å². The van der Waals surface area contributed by atoms with Crippen LogP contribution >= 0.6 is 77.8 Å². The molecule has 4 heterocycles. The van der Waals surface area contributed by atoms with Crippen LogP contribution in [-0.4, -0.2) is 83.4 Å². The number of benzene rings is 4. The van der Waals surface area contributed by atoms with Crippen LogP contribution in [0.15, 0.2) is 141 Å². The Bertz CT molecular complexity index is 2640. The van der Waals surface area contributed by atoms with Crippen LogP contribution in [0.25, 0.3) is 11.1 Å². The van der Waals surface area contributed by atoms with Gasteiger partial charge in [-0.2, -0.15) is 10.2 Å². The van der Waals surface area contributed by atoms with Crippen LogP contribution in [0.4, 0.5) is 8.78 Å². The molecule has 0 atom stereocenters. The zero-order valence-corrected chi connectivity index (χ0v) is 37.0. The summed E-state index contributed by atoms with van der Waals surface area (Å²) in [5, 5.41) is 24.2. The summed E-state index contributed by atoms with van der Waals surface area (Å²) in [6.07, 6.45) is 6.90. The molecular formula is C40H29Cl4F2N6O7PS2. The van der Waals surface area contributed by atoms with E-state index in [1.807, 2.05) is 0 Å². The number of phosphoric acid groups is 1. The zero-order chi connectivity index (χ0) is 44.3. The molecule has 0 spiro atoms. The van der Waals surface area contributed by atoms with Crippen molar-refractivity contribution in [3.63, 3.8) is 0 Å². The summed E-state index contributed by atoms with van der Waals surface area (Å²) in [6.45, 7) is -1.22. The monoisotopic (exact) mass is 978 g/mol.